The summed E-state index contributed by atoms with van der Waals surface area (Å²) < 4.78 is 10.5. The average Bonchev–Trinajstić information content (AvgIpc) is 2.96. The van der Waals surface area contributed by atoms with Crippen LogP contribution < -0.4 is 10.1 Å². The highest BCUT2D eigenvalue weighted by molar-refractivity contribution is 6.08. The minimum absolute atomic E-state index is 0.228. The monoisotopic (exact) mass is 410 g/mol. The molecule has 30 heavy (non-hydrogen) atoms. The highest BCUT2D eigenvalue weighted by Gasteiger charge is 2.49. The Hall–Kier alpha value is -3.35. The van der Waals surface area contributed by atoms with Crippen molar-refractivity contribution in [2.75, 3.05) is 20.3 Å². The van der Waals surface area contributed by atoms with Crippen LogP contribution in [0.1, 0.15) is 30.0 Å². The van der Waals surface area contributed by atoms with Crippen molar-refractivity contribution in [3.05, 3.63) is 65.2 Å². The number of benzene rings is 2. The summed E-state index contributed by atoms with van der Waals surface area (Å²) in [5.74, 6) is -0.407. The van der Waals surface area contributed by atoms with Crippen LogP contribution in [0.25, 0.3) is 0 Å². The summed E-state index contributed by atoms with van der Waals surface area (Å²) in [6.07, 6.45) is 1.45. The molecule has 1 atom stereocenters. The molecule has 7 nitrogen and oxygen atoms in total. The number of hydrogen-bond acceptors (Lipinski definition) is 5. The molecule has 3 rings (SSSR count). The minimum atomic E-state index is -1.25. The highest BCUT2D eigenvalue weighted by Crippen LogP contribution is 2.31. The van der Waals surface area contributed by atoms with Crippen LogP contribution in [0.2, 0.25) is 0 Å². The smallest absolute Gasteiger partial charge is 0.326 e. The van der Waals surface area contributed by atoms with Crippen molar-refractivity contribution >= 4 is 17.9 Å². The first-order valence-corrected chi connectivity index (χ1v) is 9.84. The summed E-state index contributed by atoms with van der Waals surface area (Å²) in [6, 6.07) is 14.5. The lowest BCUT2D eigenvalue weighted by molar-refractivity contribution is -0.147. The average molecular weight is 410 g/mol. The van der Waals surface area contributed by atoms with Gasteiger partial charge in [-0.1, -0.05) is 36.4 Å². The van der Waals surface area contributed by atoms with E-state index in [0.717, 1.165) is 22.4 Å². The van der Waals surface area contributed by atoms with Gasteiger partial charge in [0.2, 0.25) is 0 Å². The summed E-state index contributed by atoms with van der Waals surface area (Å²) in [7, 11) is 1.57. The first-order valence-electron chi connectivity index (χ1n) is 9.84. The number of carbonyl (C=O) groups excluding carboxylic acids is 3. The molecule has 0 radical (unpaired) electrons. The molecule has 158 valence electrons. The van der Waals surface area contributed by atoms with Gasteiger partial charge in [-0.05, 0) is 55.5 Å². The van der Waals surface area contributed by atoms with Gasteiger partial charge in [0.25, 0.3) is 5.91 Å². The van der Waals surface area contributed by atoms with Crippen LogP contribution in [-0.2, 0) is 26.3 Å². The van der Waals surface area contributed by atoms with E-state index >= 15 is 0 Å². The van der Waals surface area contributed by atoms with Gasteiger partial charge in [-0.2, -0.15) is 0 Å². The second-order valence-electron chi connectivity index (χ2n) is 7.44. The molecular weight excluding hydrogens is 384 g/mol. The third kappa shape index (κ3) is 4.45. The van der Waals surface area contributed by atoms with E-state index in [9.17, 15) is 14.4 Å². The van der Waals surface area contributed by atoms with Crippen molar-refractivity contribution in [2.45, 2.75) is 32.2 Å². The zero-order valence-corrected chi connectivity index (χ0v) is 17.4. The van der Waals surface area contributed by atoms with Gasteiger partial charge >= 0.3 is 12.0 Å². The Bertz CT molecular complexity index is 944. The van der Waals surface area contributed by atoms with Gasteiger partial charge in [0.1, 0.15) is 17.8 Å². The number of aryl methyl sites for hydroxylation is 2. The molecule has 1 heterocycles. The number of esters is 1. The topological polar surface area (TPSA) is 84.9 Å². The molecule has 1 aliphatic heterocycles. The Morgan fingerprint density at radius 2 is 1.87 bits per heavy atom. The Morgan fingerprint density at radius 1 is 1.13 bits per heavy atom. The first kappa shape index (κ1) is 21.4. The van der Waals surface area contributed by atoms with Gasteiger partial charge in [-0.25, -0.2) is 4.79 Å². The number of nitrogens with one attached hydrogen (secondary N) is 1. The van der Waals surface area contributed by atoms with Gasteiger partial charge in [-0.15, -0.1) is 0 Å². The minimum Gasteiger partial charge on any atom is -0.496 e. The van der Waals surface area contributed by atoms with Crippen molar-refractivity contribution in [2.24, 2.45) is 0 Å². The summed E-state index contributed by atoms with van der Waals surface area (Å²) in [5.41, 5.74) is 1.38. The molecule has 2 aromatic rings. The Balaban J connectivity index is 1.57. The Morgan fingerprint density at radius 3 is 2.53 bits per heavy atom. The van der Waals surface area contributed by atoms with Crippen molar-refractivity contribution in [3.8, 4) is 5.75 Å². The standard InChI is InChI=1S/C23H26N2O5/c1-16-14-18(11-12-19(16)29-3)23(2)21(27)25(22(28)24-23)15-20(26)30-13-7-10-17-8-5-4-6-9-17/h4-6,8-9,11-12,14H,7,10,13,15H2,1-3H3,(H,24,28). The zero-order valence-electron chi connectivity index (χ0n) is 17.4. The number of ether oxygens (including phenoxy) is 2. The number of nitrogens with zero attached hydrogens (tertiary/aromatic N) is 1. The maximum Gasteiger partial charge on any atom is 0.326 e. The number of carbonyl (C=O) groups is 3. The fourth-order valence-corrected chi connectivity index (χ4v) is 3.51. The lowest BCUT2D eigenvalue weighted by atomic mass is 9.90. The van der Waals surface area contributed by atoms with Crippen LogP contribution in [0.15, 0.2) is 48.5 Å². The van der Waals surface area contributed by atoms with Crippen LogP contribution in [0, 0.1) is 6.92 Å². The lowest BCUT2D eigenvalue weighted by Crippen LogP contribution is -2.41. The molecule has 0 aliphatic carbocycles. The van der Waals surface area contributed by atoms with E-state index in [1.807, 2.05) is 37.3 Å². The van der Waals surface area contributed by atoms with Gasteiger partial charge in [0, 0.05) is 0 Å². The summed E-state index contributed by atoms with van der Waals surface area (Å²) in [6.45, 7) is 3.30. The molecule has 7 heteroatoms. The van der Waals surface area contributed by atoms with Gasteiger partial charge in [0.05, 0.1) is 13.7 Å². The predicted octanol–water partition coefficient (Wildman–Crippen LogP) is 2.95. The predicted molar refractivity (Wildman–Crippen MR) is 111 cm³/mol. The van der Waals surface area contributed by atoms with E-state index in [1.54, 1.807) is 32.2 Å². The number of urea groups is 1. The van der Waals surface area contributed by atoms with Gasteiger partial charge in [-0.3, -0.25) is 14.5 Å². The third-order valence-electron chi connectivity index (χ3n) is 5.25. The number of amides is 3. The van der Waals surface area contributed by atoms with Crippen molar-refractivity contribution in [1.82, 2.24) is 10.2 Å². The molecule has 0 saturated carbocycles. The molecule has 1 fully saturated rings. The normalized spacial score (nSPS) is 18.3. The fourth-order valence-electron chi connectivity index (χ4n) is 3.51. The molecule has 0 aromatic heterocycles. The second kappa shape index (κ2) is 8.98. The van der Waals surface area contributed by atoms with Crippen LogP contribution in [0.3, 0.4) is 0 Å². The van der Waals surface area contributed by atoms with E-state index in [4.69, 9.17) is 9.47 Å². The summed E-state index contributed by atoms with van der Waals surface area (Å²) in [4.78, 5) is 38.4. The van der Waals surface area contributed by atoms with Crippen molar-refractivity contribution < 1.29 is 23.9 Å². The van der Waals surface area contributed by atoms with Crippen LogP contribution in [0.5, 0.6) is 5.75 Å². The van der Waals surface area contributed by atoms with E-state index in [2.05, 4.69) is 5.32 Å². The molecule has 3 amide bonds. The fraction of sp³-hybridized carbons (Fsp3) is 0.348. The Labute approximate surface area is 176 Å². The number of methoxy groups -OCH3 is 1. The number of imide groups is 1. The summed E-state index contributed by atoms with van der Waals surface area (Å²) >= 11 is 0. The second-order valence-corrected chi connectivity index (χ2v) is 7.44. The van der Waals surface area contributed by atoms with Gasteiger partial charge in [0.15, 0.2) is 0 Å². The quantitative estimate of drug-likeness (QED) is 0.411. The molecule has 2 aromatic carbocycles. The van der Waals surface area contributed by atoms with E-state index in [0.29, 0.717) is 17.7 Å². The van der Waals surface area contributed by atoms with Crippen LogP contribution in [0.4, 0.5) is 4.79 Å². The largest absolute Gasteiger partial charge is 0.496 e. The van der Waals surface area contributed by atoms with E-state index in [-0.39, 0.29) is 6.61 Å². The van der Waals surface area contributed by atoms with Crippen LogP contribution in [-0.4, -0.2) is 43.1 Å². The van der Waals surface area contributed by atoms with Crippen LogP contribution >= 0.6 is 0 Å². The molecule has 1 unspecified atom stereocenters. The van der Waals surface area contributed by atoms with Crippen molar-refractivity contribution in [3.63, 3.8) is 0 Å². The molecular formula is C23H26N2O5. The third-order valence-corrected chi connectivity index (χ3v) is 5.25. The van der Waals surface area contributed by atoms with E-state index in [1.165, 1.54) is 0 Å². The maximum atomic E-state index is 13.0. The van der Waals surface area contributed by atoms with E-state index < -0.39 is 30.0 Å². The maximum absolute atomic E-state index is 13.0. The van der Waals surface area contributed by atoms with Crippen molar-refractivity contribution in [1.29, 1.82) is 0 Å². The number of hydrogen-bond donors (Lipinski definition) is 1. The van der Waals surface area contributed by atoms with Gasteiger partial charge < -0.3 is 14.8 Å². The molecule has 1 saturated heterocycles. The molecule has 0 bridgehead atoms. The molecule has 1 aliphatic rings. The lowest BCUT2D eigenvalue weighted by Gasteiger charge is -2.23. The zero-order chi connectivity index (χ0) is 21.7. The summed E-state index contributed by atoms with van der Waals surface area (Å²) in [5, 5.41) is 2.69. The SMILES string of the molecule is COc1ccc(C2(C)NC(=O)N(CC(=O)OCCCc3ccccc3)C2=O)cc1C. The molecule has 0 spiro atoms. The first-order chi connectivity index (χ1) is 14.3. The Kier molecular flexibility index (Phi) is 6.40. The highest BCUT2D eigenvalue weighted by atomic mass is 16.5. The molecule has 1 N–H and O–H groups in total. The number of rotatable bonds is 8.